The summed E-state index contributed by atoms with van der Waals surface area (Å²) in [6, 6.07) is 15.8. The van der Waals surface area contributed by atoms with E-state index in [1.165, 1.54) is 0 Å². The zero-order valence-corrected chi connectivity index (χ0v) is 13.5. The molecule has 0 bridgehead atoms. The number of para-hydroxylation sites is 1. The number of ether oxygens (including phenoxy) is 1. The third-order valence-electron chi connectivity index (χ3n) is 3.76. The molecule has 2 atom stereocenters. The molecule has 0 radical (unpaired) electrons. The van der Waals surface area contributed by atoms with Gasteiger partial charge in [-0.15, -0.1) is 0 Å². The molecule has 0 heterocycles. The van der Waals surface area contributed by atoms with E-state index in [0.29, 0.717) is 6.54 Å². The maximum Gasteiger partial charge on any atom is 0.150 e. The molecule has 0 aliphatic heterocycles. The summed E-state index contributed by atoms with van der Waals surface area (Å²) < 4.78 is 6.09. The molecule has 0 saturated carbocycles. The highest BCUT2D eigenvalue weighted by atomic mass is 16.5. The first-order valence-electron chi connectivity index (χ1n) is 7.81. The second kappa shape index (κ2) is 7.97. The third-order valence-corrected chi connectivity index (χ3v) is 3.76. The largest absolute Gasteiger partial charge is 0.475 e. The van der Waals surface area contributed by atoms with E-state index in [9.17, 15) is 5.11 Å². The predicted octanol–water partition coefficient (Wildman–Crippen LogP) is 3.74. The summed E-state index contributed by atoms with van der Waals surface area (Å²) in [5.74, 6) is 0.927. The Labute approximate surface area is 133 Å². The normalized spacial score (nSPS) is 13.6. The molecule has 2 unspecified atom stereocenters. The quantitative estimate of drug-likeness (QED) is 0.765. The first-order valence-corrected chi connectivity index (χ1v) is 7.81. The van der Waals surface area contributed by atoms with Crippen molar-refractivity contribution in [3.05, 3.63) is 65.2 Å². The van der Waals surface area contributed by atoms with E-state index in [2.05, 4.69) is 12.2 Å². The fourth-order valence-corrected chi connectivity index (χ4v) is 2.43. The Morgan fingerprint density at radius 3 is 2.23 bits per heavy atom. The van der Waals surface area contributed by atoms with Crippen LogP contribution in [0.4, 0.5) is 0 Å². The van der Waals surface area contributed by atoms with Crippen molar-refractivity contribution < 1.29 is 9.84 Å². The van der Waals surface area contributed by atoms with Crippen LogP contribution in [-0.4, -0.2) is 17.9 Å². The van der Waals surface area contributed by atoms with E-state index in [0.717, 1.165) is 28.9 Å². The molecule has 3 nitrogen and oxygen atoms in total. The zero-order chi connectivity index (χ0) is 15.9. The molecule has 2 aromatic rings. The van der Waals surface area contributed by atoms with Gasteiger partial charge in [0, 0.05) is 6.54 Å². The Morgan fingerprint density at radius 2 is 1.64 bits per heavy atom. The average molecular weight is 299 g/mol. The lowest BCUT2D eigenvalue weighted by Gasteiger charge is -2.23. The SMILES string of the molecule is CCC(NCC(O)c1ccccc1)Oc1c(C)cccc1C. The van der Waals surface area contributed by atoms with Gasteiger partial charge in [0.05, 0.1) is 6.10 Å². The van der Waals surface area contributed by atoms with Crippen LogP contribution in [0.2, 0.25) is 0 Å². The number of hydrogen-bond donors (Lipinski definition) is 2. The number of hydrogen-bond acceptors (Lipinski definition) is 3. The van der Waals surface area contributed by atoms with Crippen molar-refractivity contribution in [2.75, 3.05) is 6.54 Å². The first-order chi connectivity index (χ1) is 10.6. The van der Waals surface area contributed by atoms with Crippen LogP contribution >= 0.6 is 0 Å². The highest BCUT2D eigenvalue weighted by Crippen LogP contribution is 2.23. The van der Waals surface area contributed by atoms with Crippen LogP contribution in [0.3, 0.4) is 0 Å². The van der Waals surface area contributed by atoms with E-state index in [1.807, 2.05) is 62.4 Å². The number of aliphatic hydroxyl groups excluding tert-OH is 1. The average Bonchev–Trinajstić information content (AvgIpc) is 2.54. The van der Waals surface area contributed by atoms with Gasteiger partial charge in [-0.1, -0.05) is 55.5 Å². The predicted molar refractivity (Wildman–Crippen MR) is 90.0 cm³/mol. The molecule has 0 spiro atoms. The van der Waals surface area contributed by atoms with E-state index in [1.54, 1.807) is 0 Å². The molecule has 2 aromatic carbocycles. The molecule has 0 aliphatic carbocycles. The lowest BCUT2D eigenvalue weighted by Crippen LogP contribution is -2.37. The zero-order valence-electron chi connectivity index (χ0n) is 13.5. The summed E-state index contributed by atoms with van der Waals surface area (Å²) in [5, 5.41) is 13.5. The Balaban J connectivity index is 1.95. The summed E-state index contributed by atoms with van der Waals surface area (Å²) in [4.78, 5) is 0. The van der Waals surface area contributed by atoms with Crippen molar-refractivity contribution in [3.8, 4) is 5.75 Å². The van der Waals surface area contributed by atoms with Crippen LogP contribution in [0, 0.1) is 13.8 Å². The molecule has 118 valence electrons. The van der Waals surface area contributed by atoms with Crippen LogP contribution in [0.25, 0.3) is 0 Å². The minimum atomic E-state index is -0.531. The monoisotopic (exact) mass is 299 g/mol. The highest BCUT2D eigenvalue weighted by Gasteiger charge is 2.14. The number of nitrogens with one attached hydrogen (secondary N) is 1. The Morgan fingerprint density at radius 1 is 1.00 bits per heavy atom. The second-order valence-corrected chi connectivity index (χ2v) is 5.57. The Kier molecular flexibility index (Phi) is 5.99. The van der Waals surface area contributed by atoms with Gasteiger partial charge >= 0.3 is 0 Å². The van der Waals surface area contributed by atoms with Gasteiger partial charge in [0.2, 0.25) is 0 Å². The topological polar surface area (TPSA) is 41.5 Å². The van der Waals surface area contributed by atoms with E-state index >= 15 is 0 Å². The van der Waals surface area contributed by atoms with Gasteiger partial charge in [-0.3, -0.25) is 5.32 Å². The van der Waals surface area contributed by atoms with Crippen molar-refractivity contribution in [3.63, 3.8) is 0 Å². The van der Waals surface area contributed by atoms with Crippen molar-refractivity contribution in [1.29, 1.82) is 0 Å². The van der Waals surface area contributed by atoms with E-state index in [4.69, 9.17) is 4.74 Å². The highest BCUT2D eigenvalue weighted by molar-refractivity contribution is 5.39. The summed E-state index contributed by atoms with van der Waals surface area (Å²) >= 11 is 0. The van der Waals surface area contributed by atoms with Gasteiger partial charge in [-0.05, 0) is 37.0 Å². The third kappa shape index (κ3) is 4.33. The molecule has 0 fully saturated rings. The van der Waals surface area contributed by atoms with Crippen molar-refractivity contribution in [1.82, 2.24) is 5.32 Å². The molecule has 22 heavy (non-hydrogen) atoms. The molecule has 2 N–H and O–H groups in total. The van der Waals surface area contributed by atoms with Gasteiger partial charge in [0.15, 0.2) is 0 Å². The van der Waals surface area contributed by atoms with Gasteiger partial charge < -0.3 is 9.84 Å². The van der Waals surface area contributed by atoms with Gasteiger partial charge in [-0.25, -0.2) is 0 Å². The van der Waals surface area contributed by atoms with E-state index < -0.39 is 6.10 Å². The minimum Gasteiger partial charge on any atom is -0.475 e. The standard InChI is InChI=1S/C19H25NO2/c1-4-18(22-19-14(2)9-8-10-15(19)3)20-13-17(21)16-11-6-5-7-12-16/h5-12,17-18,20-21H,4,13H2,1-3H3. The van der Waals surface area contributed by atoms with Gasteiger partial charge in [-0.2, -0.15) is 0 Å². The van der Waals surface area contributed by atoms with Crippen LogP contribution < -0.4 is 10.1 Å². The van der Waals surface area contributed by atoms with Crippen molar-refractivity contribution in [2.24, 2.45) is 0 Å². The smallest absolute Gasteiger partial charge is 0.150 e. The summed E-state index contributed by atoms with van der Waals surface area (Å²) in [6.45, 7) is 6.63. The Bertz CT molecular complexity index is 563. The molecular formula is C19H25NO2. The van der Waals surface area contributed by atoms with Crippen LogP contribution in [0.5, 0.6) is 5.75 Å². The molecule has 0 amide bonds. The summed E-state index contributed by atoms with van der Waals surface area (Å²) in [6.07, 6.45) is 0.185. The number of rotatable bonds is 7. The van der Waals surface area contributed by atoms with E-state index in [-0.39, 0.29) is 6.23 Å². The molecule has 2 rings (SSSR count). The maximum absolute atomic E-state index is 10.2. The number of benzene rings is 2. The molecule has 0 aliphatic rings. The lowest BCUT2D eigenvalue weighted by atomic mass is 10.1. The first kappa shape index (κ1) is 16.5. The fourth-order valence-electron chi connectivity index (χ4n) is 2.43. The second-order valence-electron chi connectivity index (χ2n) is 5.57. The van der Waals surface area contributed by atoms with Crippen LogP contribution in [0.1, 0.15) is 36.1 Å². The maximum atomic E-state index is 10.2. The van der Waals surface area contributed by atoms with Gasteiger partial charge in [0.1, 0.15) is 12.0 Å². The molecule has 3 heteroatoms. The minimum absolute atomic E-state index is 0.113. The van der Waals surface area contributed by atoms with Crippen LogP contribution in [-0.2, 0) is 0 Å². The Hall–Kier alpha value is -1.84. The van der Waals surface area contributed by atoms with Crippen molar-refractivity contribution >= 4 is 0 Å². The number of aryl methyl sites for hydroxylation is 2. The number of aliphatic hydroxyl groups is 1. The summed E-state index contributed by atoms with van der Waals surface area (Å²) in [5.41, 5.74) is 3.17. The fraction of sp³-hybridized carbons (Fsp3) is 0.368. The van der Waals surface area contributed by atoms with Crippen molar-refractivity contribution in [2.45, 2.75) is 39.5 Å². The lowest BCUT2D eigenvalue weighted by molar-refractivity contribution is 0.115. The van der Waals surface area contributed by atoms with Gasteiger partial charge in [0.25, 0.3) is 0 Å². The van der Waals surface area contributed by atoms with Crippen LogP contribution in [0.15, 0.2) is 48.5 Å². The molecule has 0 aromatic heterocycles. The molecule has 0 saturated heterocycles. The molecular weight excluding hydrogens is 274 g/mol. The summed E-state index contributed by atoms with van der Waals surface area (Å²) in [7, 11) is 0.